The van der Waals surface area contributed by atoms with Crippen LogP contribution in [0.5, 0.6) is 28.7 Å². The lowest BCUT2D eigenvalue weighted by molar-refractivity contribution is 0.183. The molecule has 1 aliphatic rings. The number of hydrogen-bond acceptors (Lipinski definition) is 9. The van der Waals surface area contributed by atoms with Crippen molar-refractivity contribution in [3.63, 3.8) is 0 Å². The van der Waals surface area contributed by atoms with Gasteiger partial charge in [-0.2, -0.15) is 16.8 Å². The molecule has 0 aliphatic carbocycles. The number of benzene rings is 2. The first-order chi connectivity index (χ1) is 16.2. The van der Waals surface area contributed by atoms with Crippen molar-refractivity contribution in [2.75, 3.05) is 37.7 Å². The second-order valence-electron chi connectivity index (χ2n) is 7.71. The van der Waals surface area contributed by atoms with Gasteiger partial charge >= 0.3 is 20.2 Å². The Morgan fingerprint density at radius 2 is 1.47 bits per heavy atom. The van der Waals surface area contributed by atoms with E-state index >= 15 is 0 Å². The maximum atomic E-state index is 12.0. The normalized spacial score (nSPS) is 15.0. The van der Waals surface area contributed by atoms with Crippen molar-refractivity contribution in [3.8, 4) is 28.7 Å². The first-order valence-electron chi connectivity index (χ1n) is 11.2. The zero-order valence-corrected chi connectivity index (χ0v) is 21.0. The molecule has 3 rings (SSSR count). The molecule has 0 bridgehead atoms. The van der Waals surface area contributed by atoms with Gasteiger partial charge in [-0.3, -0.25) is 4.90 Å². The average Bonchev–Trinajstić information content (AvgIpc) is 2.82. The molecule has 9 nitrogen and oxygen atoms in total. The van der Waals surface area contributed by atoms with Crippen LogP contribution >= 0.6 is 0 Å². The predicted molar refractivity (Wildman–Crippen MR) is 128 cm³/mol. The van der Waals surface area contributed by atoms with Gasteiger partial charge in [0.1, 0.15) is 23.9 Å². The van der Waals surface area contributed by atoms with Gasteiger partial charge in [0.15, 0.2) is 11.5 Å². The fourth-order valence-corrected chi connectivity index (χ4v) is 4.26. The Morgan fingerprint density at radius 3 is 2.12 bits per heavy atom. The van der Waals surface area contributed by atoms with Gasteiger partial charge in [-0.1, -0.05) is 6.42 Å². The average molecular weight is 513 g/mol. The van der Waals surface area contributed by atoms with Crippen molar-refractivity contribution in [3.05, 3.63) is 42.5 Å². The van der Waals surface area contributed by atoms with Crippen LogP contribution in [0, 0.1) is 6.07 Å². The highest BCUT2D eigenvalue weighted by atomic mass is 32.2. The van der Waals surface area contributed by atoms with Crippen LogP contribution < -0.4 is 17.8 Å². The maximum absolute atomic E-state index is 12.0. The minimum absolute atomic E-state index is 0.0305. The number of ether oxygens (including phenoxy) is 2. The largest absolute Gasteiger partial charge is 0.492 e. The summed E-state index contributed by atoms with van der Waals surface area (Å²) in [6.45, 7) is 6.53. The summed E-state index contributed by atoms with van der Waals surface area (Å²) in [5.74, 6) is 0.160. The van der Waals surface area contributed by atoms with E-state index in [0.717, 1.165) is 25.7 Å². The van der Waals surface area contributed by atoms with Crippen LogP contribution in [0.3, 0.4) is 0 Å². The summed E-state index contributed by atoms with van der Waals surface area (Å²) < 4.78 is 69.1. The standard InChI is InChI=1S/C23H30NO8S2/c1-3-33(25,26)31-21-12-13-22(23(18-21)32-34(27,28)4-2)30-20-10-8-19(9-11-20)29-17-16-24-14-6-5-7-15-24/h8-12,18H,3-7,14-17H2,1-2H3. The summed E-state index contributed by atoms with van der Waals surface area (Å²) >= 11 is 0. The molecule has 0 spiro atoms. The number of likely N-dealkylation sites (tertiary alicyclic amines) is 1. The molecule has 1 fully saturated rings. The van der Waals surface area contributed by atoms with Gasteiger partial charge in [0.05, 0.1) is 11.5 Å². The minimum Gasteiger partial charge on any atom is -0.492 e. The van der Waals surface area contributed by atoms with Crippen LogP contribution in [0.4, 0.5) is 0 Å². The molecule has 0 amide bonds. The van der Waals surface area contributed by atoms with E-state index < -0.39 is 20.2 Å². The molecule has 1 saturated heterocycles. The SMILES string of the molecule is CCS(=O)(=O)Oc1c[c]c(Oc2ccc(OCCN3CCCCC3)cc2)c(OS(=O)(=O)CC)c1. The molecule has 0 saturated carbocycles. The molecule has 1 heterocycles. The van der Waals surface area contributed by atoms with E-state index in [9.17, 15) is 16.8 Å². The fourth-order valence-electron chi connectivity index (χ4n) is 3.23. The Bertz CT molecular complexity index is 1140. The van der Waals surface area contributed by atoms with Crippen molar-refractivity contribution in [2.45, 2.75) is 33.1 Å². The maximum Gasteiger partial charge on any atom is 0.309 e. The third kappa shape index (κ3) is 8.07. The van der Waals surface area contributed by atoms with Crippen LogP contribution in [0.25, 0.3) is 0 Å². The fraction of sp³-hybridized carbons (Fsp3) is 0.478. The lowest BCUT2D eigenvalue weighted by Crippen LogP contribution is -2.33. The smallest absolute Gasteiger partial charge is 0.309 e. The van der Waals surface area contributed by atoms with Gasteiger partial charge in [-0.15, -0.1) is 0 Å². The van der Waals surface area contributed by atoms with Gasteiger partial charge < -0.3 is 17.8 Å². The summed E-state index contributed by atoms with van der Waals surface area (Å²) in [5.41, 5.74) is 0. The quantitative estimate of drug-likeness (QED) is 0.394. The molecule has 0 N–H and O–H groups in total. The summed E-state index contributed by atoms with van der Waals surface area (Å²) in [7, 11) is -7.72. The zero-order chi connectivity index (χ0) is 24.6. The first-order valence-corrected chi connectivity index (χ1v) is 14.4. The van der Waals surface area contributed by atoms with E-state index in [-0.39, 0.29) is 28.8 Å². The second kappa shape index (κ2) is 11.8. The lowest BCUT2D eigenvalue weighted by atomic mass is 10.1. The molecule has 2 aromatic rings. The van der Waals surface area contributed by atoms with Crippen LogP contribution in [0.2, 0.25) is 0 Å². The Hall–Kier alpha value is -2.50. The minimum atomic E-state index is -3.91. The molecule has 0 unspecified atom stereocenters. The molecule has 187 valence electrons. The van der Waals surface area contributed by atoms with Crippen LogP contribution in [-0.4, -0.2) is 59.5 Å². The Labute approximate surface area is 201 Å². The zero-order valence-electron chi connectivity index (χ0n) is 19.4. The van der Waals surface area contributed by atoms with Crippen molar-refractivity contribution >= 4 is 20.2 Å². The summed E-state index contributed by atoms with van der Waals surface area (Å²) in [5, 5.41) is 0. The summed E-state index contributed by atoms with van der Waals surface area (Å²) in [4.78, 5) is 2.39. The molecule has 0 aromatic heterocycles. The van der Waals surface area contributed by atoms with Crippen molar-refractivity contribution in [1.82, 2.24) is 4.90 Å². The topological polar surface area (TPSA) is 108 Å². The molecule has 0 atom stereocenters. The van der Waals surface area contributed by atoms with Gasteiger partial charge in [0.25, 0.3) is 0 Å². The highest BCUT2D eigenvalue weighted by molar-refractivity contribution is 7.87. The van der Waals surface area contributed by atoms with Crippen LogP contribution in [-0.2, 0) is 20.2 Å². The number of piperidine rings is 1. The molecule has 2 aromatic carbocycles. The van der Waals surface area contributed by atoms with Gasteiger partial charge in [-0.05, 0) is 70.1 Å². The molecule has 11 heteroatoms. The summed E-state index contributed by atoms with van der Waals surface area (Å²) in [6.07, 6.45) is 3.76. The van der Waals surface area contributed by atoms with E-state index in [4.69, 9.17) is 17.8 Å². The number of hydrogen-bond donors (Lipinski definition) is 0. The number of nitrogens with zero attached hydrogens (tertiary/aromatic N) is 1. The van der Waals surface area contributed by atoms with E-state index in [1.54, 1.807) is 24.3 Å². The van der Waals surface area contributed by atoms with Crippen LogP contribution in [0.1, 0.15) is 33.1 Å². The van der Waals surface area contributed by atoms with Gasteiger partial charge in [-0.25, -0.2) is 0 Å². The predicted octanol–water partition coefficient (Wildman–Crippen LogP) is 3.60. The molecule has 1 radical (unpaired) electrons. The third-order valence-corrected chi connectivity index (χ3v) is 7.45. The van der Waals surface area contributed by atoms with E-state index in [1.165, 1.54) is 39.2 Å². The van der Waals surface area contributed by atoms with E-state index in [1.807, 2.05) is 0 Å². The van der Waals surface area contributed by atoms with Crippen LogP contribution in [0.15, 0.2) is 36.4 Å². The first kappa shape index (κ1) is 26.1. The van der Waals surface area contributed by atoms with Gasteiger partial charge in [0.2, 0.25) is 0 Å². The third-order valence-electron chi connectivity index (χ3n) is 5.16. The molecular weight excluding hydrogens is 482 g/mol. The molecule has 34 heavy (non-hydrogen) atoms. The highest BCUT2D eigenvalue weighted by Crippen LogP contribution is 2.36. The Kier molecular flexibility index (Phi) is 9.03. The van der Waals surface area contributed by atoms with E-state index in [0.29, 0.717) is 18.1 Å². The van der Waals surface area contributed by atoms with Crippen molar-refractivity contribution in [1.29, 1.82) is 0 Å². The number of rotatable bonds is 12. The van der Waals surface area contributed by atoms with E-state index in [2.05, 4.69) is 11.0 Å². The summed E-state index contributed by atoms with van der Waals surface area (Å²) in [6, 6.07) is 11.9. The highest BCUT2D eigenvalue weighted by Gasteiger charge is 2.19. The monoisotopic (exact) mass is 512 g/mol. The second-order valence-corrected chi connectivity index (χ2v) is 11.4. The van der Waals surface area contributed by atoms with Crippen molar-refractivity contribution in [2.24, 2.45) is 0 Å². The van der Waals surface area contributed by atoms with Crippen molar-refractivity contribution < 1.29 is 34.7 Å². The molecular formula is C23H30NO8S2. The molecule has 1 aliphatic heterocycles. The Balaban J connectivity index is 1.68. The Morgan fingerprint density at radius 1 is 0.853 bits per heavy atom. The van der Waals surface area contributed by atoms with Gasteiger partial charge in [0, 0.05) is 18.7 Å². The lowest BCUT2D eigenvalue weighted by Gasteiger charge is -2.26.